The monoisotopic (exact) mass is 537 g/mol. The predicted octanol–water partition coefficient (Wildman–Crippen LogP) is 4.17. The highest BCUT2D eigenvalue weighted by Crippen LogP contribution is 2.46. The van der Waals surface area contributed by atoms with Crippen molar-refractivity contribution in [2.45, 2.75) is 25.9 Å². The summed E-state index contributed by atoms with van der Waals surface area (Å²) in [7, 11) is 4.67. The van der Waals surface area contributed by atoms with E-state index in [2.05, 4.69) is 5.32 Å². The van der Waals surface area contributed by atoms with Gasteiger partial charge in [-0.05, 0) is 35.6 Å². The number of amidine groups is 1. The van der Waals surface area contributed by atoms with Crippen LogP contribution in [0.25, 0.3) is 0 Å². The van der Waals surface area contributed by atoms with Gasteiger partial charge in [0.2, 0.25) is 5.91 Å². The van der Waals surface area contributed by atoms with Crippen molar-refractivity contribution < 1.29 is 28.5 Å². The lowest BCUT2D eigenvalue weighted by Crippen LogP contribution is -2.38. The molecule has 2 aromatic rings. The molecule has 0 spiro atoms. The number of fused-ring (bicyclic) bond motifs is 1. The van der Waals surface area contributed by atoms with E-state index >= 15 is 0 Å². The van der Waals surface area contributed by atoms with E-state index in [0.717, 1.165) is 16.8 Å². The van der Waals surface area contributed by atoms with Crippen molar-refractivity contribution in [3.05, 3.63) is 82.0 Å². The smallest absolute Gasteiger partial charge is 0.338 e. The molecule has 0 unspecified atom stereocenters. The molecule has 2 aliphatic heterocycles. The van der Waals surface area contributed by atoms with E-state index in [1.54, 1.807) is 34.3 Å². The standard InChI is InChI=1S/C28H31N3O6S/c1-18-25(27(33)37-13-12-34-2)26(20-10-11-22(35-3)23(14-20)36-4)31-21(17-38-28(31)30-18)15-24(32)29-16-19-8-6-5-7-9-19/h5-11,14,17,26H,12-13,15-16H2,1-4H3,(H,29,32)/t26-/m0/s1. The third-order valence-electron chi connectivity index (χ3n) is 6.14. The summed E-state index contributed by atoms with van der Waals surface area (Å²) in [6.45, 7) is 2.60. The number of nitrogens with one attached hydrogen (secondary N) is 1. The van der Waals surface area contributed by atoms with E-state index in [1.165, 1.54) is 11.8 Å². The molecule has 0 saturated heterocycles. The van der Waals surface area contributed by atoms with Crippen molar-refractivity contribution in [2.24, 2.45) is 4.99 Å². The van der Waals surface area contributed by atoms with Gasteiger partial charge >= 0.3 is 5.97 Å². The average molecular weight is 538 g/mol. The highest BCUT2D eigenvalue weighted by atomic mass is 32.2. The summed E-state index contributed by atoms with van der Waals surface area (Å²) >= 11 is 1.42. The number of thioether (sulfide) groups is 1. The second kappa shape index (κ2) is 12.7. The topological polar surface area (TPSA) is 98.7 Å². The Hall–Kier alpha value is -3.76. The molecule has 0 fully saturated rings. The maximum atomic E-state index is 13.3. The van der Waals surface area contributed by atoms with Gasteiger partial charge < -0.3 is 29.2 Å². The molecule has 0 aromatic heterocycles. The lowest BCUT2D eigenvalue weighted by atomic mass is 9.93. The third-order valence-corrected chi connectivity index (χ3v) is 7.03. The zero-order chi connectivity index (χ0) is 27.1. The van der Waals surface area contributed by atoms with Crippen molar-refractivity contribution in [3.63, 3.8) is 0 Å². The largest absolute Gasteiger partial charge is 0.493 e. The van der Waals surface area contributed by atoms with E-state index in [0.29, 0.717) is 34.5 Å². The first-order valence-corrected chi connectivity index (χ1v) is 13.0. The number of benzene rings is 2. The Morgan fingerprint density at radius 1 is 1.03 bits per heavy atom. The fraction of sp³-hybridized carbons (Fsp3) is 0.321. The number of hydrogen-bond acceptors (Lipinski definition) is 9. The van der Waals surface area contributed by atoms with Crippen LogP contribution < -0.4 is 14.8 Å². The van der Waals surface area contributed by atoms with Crippen molar-refractivity contribution in [1.82, 2.24) is 10.2 Å². The molecule has 1 amide bonds. The van der Waals surface area contributed by atoms with Gasteiger partial charge in [0.05, 0.1) is 44.6 Å². The highest BCUT2D eigenvalue weighted by molar-refractivity contribution is 8.16. The first kappa shape index (κ1) is 27.3. The van der Waals surface area contributed by atoms with Crippen molar-refractivity contribution >= 4 is 28.8 Å². The van der Waals surface area contributed by atoms with Gasteiger partial charge in [0.25, 0.3) is 0 Å². The number of nitrogens with zero attached hydrogens (tertiary/aromatic N) is 2. The zero-order valence-electron chi connectivity index (χ0n) is 21.9. The molecule has 4 rings (SSSR count). The number of rotatable bonds is 11. The summed E-state index contributed by atoms with van der Waals surface area (Å²) in [4.78, 5) is 32.9. The van der Waals surface area contributed by atoms with Crippen LogP contribution in [-0.4, -0.2) is 56.5 Å². The van der Waals surface area contributed by atoms with Crippen LogP contribution in [0.1, 0.15) is 30.5 Å². The molecule has 1 N–H and O–H groups in total. The Bertz CT molecular complexity index is 1270. The van der Waals surface area contributed by atoms with Gasteiger partial charge in [-0.15, -0.1) is 0 Å². The second-order valence-electron chi connectivity index (χ2n) is 8.58. The molecular formula is C28H31N3O6S. The minimum Gasteiger partial charge on any atom is -0.493 e. The first-order valence-electron chi connectivity index (χ1n) is 12.1. The molecule has 38 heavy (non-hydrogen) atoms. The number of carbonyl (C=O) groups excluding carboxylic acids is 2. The normalized spacial score (nSPS) is 16.4. The minimum atomic E-state index is -0.583. The Kier molecular flexibility index (Phi) is 9.09. The molecular weight excluding hydrogens is 506 g/mol. The van der Waals surface area contributed by atoms with Gasteiger partial charge in [-0.2, -0.15) is 0 Å². The summed E-state index contributed by atoms with van der Waals surface area (Å²) in [5, 5.41) is 5.56. The van der Waals surface area contributed by atoms with Crippen molar-refractivity contribution in [2.75, 3.05) is 34.5 Å². The fourth-order valence-electron chi connectivity index (χ4n) is 4.29. The molecule has 10 heteroatoms. The Morgan fingerprint density at radius 2 is 1.79 bits per heavy atom. The van der Waals surface area contributed by atoms with Gasteiger partial charge in [0, 0.05) is 19.4 Å². The van der Waals surface area contributed by atoms with Crippen LogP contribution >= 0.6 is 11.8 Å². The number of carbonyl (C=O) groups is 2. The van der Waals surface area contributed by atoms with Crippen LogP contribution in [0.5, 0.6) is 11.5 Å². The first-order chi connectivity index (χ1) is 18.5. The number of aliphatic imine (C=N–C) groups is 1. The number of amides is 1. The quantitative estimate of drug-likeness (QED) is 0.337. The summed E-state index contributed by atoms with van der Waals surface area (Å²) < 4.78 is 21.5. The number of esters is 1. The van der Waals surface area contributed by atoms with Crippen LogP contribution in [0.15, 0.2) is 75.9 Å². The highest BCUT2D eigenvalue weighted by Gasteiger charge is 2.41. The summed E-state index contributed by atoms with van der Waals surface area (Å²) in [6, 6.07) is 14.6. The van der Waals surface area contributed by atoms with E-state index in [4.69, 9.17) is 23.9 Å². The van der Waals surface area contributed by atoms with Crippen LogP contribution in [-0.2, 0) is 25.6 Å². The molecule has 0 radical (unpaired) electrons. The third kappa shape index (κ3) is 6.03. The summed E-state index contributed by atoms with van der Waals surface area (Å²) in [6.07, 6.45) is 0.119. The van der Waals surface area contributed by atoms with Gasteiger partial charge in [0.1, 0.15) is 6.61 Å². The molecule has 1 atom stereocenters. The van der Waals surface area contributed by atoms with Gasteiger partial charge in [0.15, 0.2) is 16.7 Å². The van der Waals surface area contributed by atoms with Gasteiger partial charge in [-0.3, -0.25) is 4.79 Å². The van der Waals surface area contributed by atoms with Crippen molar-refractivity contribution in [3.8, 4) is 11.5 Å². The summed E-state index contributed by atoms with van der Waals surface area (Å²) in [5.41, 5.74) is 3.45. The Balaban J connectivity index is 1.65. The zero-order valence-corrected chi connectivity index (χ0v) is 22.7. The lowest BCUT2D eigenvalue weighted by molar-refractivity contribution is -0.141. The van der Waals surface area contributed by atoms with Crippen molar-refractivity contribution in [1.29, 1.82) is 0 Å². The predicted molar refractivity (Wildman–Crippen MR) is 146 cm³/mol. The molecule has 2 heterocycles. The number of ether oxygens (including phenoxy) is 4. The minimum absolute atomic E-state index is 0.112. The van der Waals surface area contributed by atoms with Crippen LogP contribution in [0, 0.1) is 0 Å². The molecule has 2 aromatic carbocycles. The maximum absolute atomic E-state index is 13.3. The van der Waals surface area contributed by atoms with E-state index < -0.39 is 12.0 Å². The van der Waals surface area contributed by atoms with Crippen LogP contribution in [0.2, 0.25) is 0 Å². The number of allylic oxidation sites excluding steroid dienone is 1. The molecule has 9 nitrogen and oxygen atoms in total. The van der Waals surface area contributed by atoms with Gasteiger partial charge in [-0.1, -0.05) is 48.2 Å². The van der Waals surface area contributed by atoms with E-state index in [1.807, 2.05) is 52.8 Å². The lowest BCUT2D eigenvalue weighted by Gasteiger charge is -2.36. The molecule has 0 aliphatic carbocycles. The molecule has 2 aliphatic rings. The maximum Gasteiger partial charge on any atom is 0.338 e. The Labute approximate surface area is 226 Å². The second-order valence-corrected chi connectivity index (χ2v) is 9.41. The van der Waals surface area contributed by atoms with E-state index in [9.17, 15) is 9.59 Å². The number of methoxy groups -OCH3 is 3. The number of hydrogen-bond donors (Lipinski definition) is 1. The molecule has 0 bridgehead atoms. The molecule has 0 saturated carbocycles. The summed E-state index contributed by atoms with van der Waals surface area (Å²) in [5.74, 6) is 0.463. The Morgan fingerprint density at radius 3 is 2.50 bits per heavy atom. The van der Waals surface area contributed by atoms with Crippen LogP contribution in [0.3, 0.4) is 0 Å². The molecule has 200 valence electrons. The average Bonchev–Trinajstić information content (AvgIpc) is 3.32. The van der Waals surface area contributed by atoms with Gasteiger partial charge in [-0.25, -0.2) is 9.79 Å². The fourth-order valence-corrected chi connectivity index (χ4v) is 5.25. The van der Waals surface area contributed by atoms with Crippen LogP contribution in [0.4, 0.5) is 0 Å². The SMILES string of the molecule is COCCOC(=O)C1=C(C)N=C2SC=C(CC(=O)NCc3ccccc3)N2[C@H]1c1ccc(OC)c(OC)c1. The van der Waals surface area contributed by atoms with E-state index in [-0.39, 0.29) is 25.5 Å².